The molecule has 3 aromatic carbocycles. The van der Waals surface area contributed by atoms with Crippen molar-refractivity contribution in [3.8, 4) is 0 Å². The number of amides is 2. The van der Waals surface area contributed by atoms with Crippen LogP contribution in [0, 0.1) is 0 Å². The molecule has 0 spiro atoms. The van der Waals surface area contributed by atoms with Crippen molar-refractivity contribution in [3.05, 3.63) is 108 Å². The number of benzene rings is 3. The normalized spacial score (nSPS) is 24.1. The SMILES string of the molecule is C[N+]1(Cc2ccccc2)CC[C@H](N2CC(c3ccccc3)(c3ccccc3)NC2=O)C1.[I-]. The smallest absolute Gasteiger partial charge is 0.319 e. The van der Waals surface area contributed by atoms with Gasteiger partial charge in [-0.25, -0.2) is 4.79 Å². The first-order valence-corrected chi connectivity index (χ1v) is 11.2. The zero-order chi connectivity index (χ0) is 21.3. The van der Waals surface area contributed by atoms with Gasteiger partial charge in [-0.1, -0.05) is 91.0 Å². The van der Waals surface area contributed by atoms with Crippen LogP contribution in [0.1, 0.15) is 23.1 Å². The van der Waals surface area contributed by atoms with E-state index < -0.39 is 5.54 Å². The van der Waals surface area contributed by atoms with E-state index in [1.165, 1.54) is 5.56 Å². The van der Waals surface area contributed by atoms with Gasteiger partial charge in [0.2, 0.25) is 0 Å². The summed E-state index contributed by atoms with van der Waals surface area (Å²) >= 11 is 0. The number of carbonyl (C=O) groups excluding carboxylic acids is 1. The van der Waals surface area contributed by atoms with Gasteiger partial charge in [0, 0.05) is 12.0 Å². The first-order valence-electron chi connectivity index (χ1n) is 11.2. The Balaban J connectivity index is 0.00000245. The molecule has 2 aliphatic heterocycles. The quantitative estimate of drug-likeness (QED) is 0.386. The fraction of sp³-hybridized carbons (Fsp3) is 0.296. The molecule has 0 aliphatic carbocycles. The molecule has 0 aromatic heterocycles. The van der Waals surface area contributed by atoms with Crippen LogP contribution in [0.3, 0.4) is 0 Å². The largest absolute Gasteiger partial charge is 1.00 e. The van der Waals surface area contributed by atoms with Gasteiger partial charge in [-0.05, 0) is 11.1 Å². The number of nitrogens with one attached hydrogen (secondary N) is 1. The second kappa shape index (κ2) is 9.24. The van der Waals surface area contributed by atoms with Crippen molar-refractivity contribution in [2.45, 2.75) is 24.5 Å². The third-order valence-corrected chi connectivity index (χ3v) is 7.02. The van der Waals surface area contributed by atoms with Crippen molar-refractivity contribution in [1.29, 1.82) is 0 Å². The third kappa shape index (κ3) is 4.28. The Morgan fingerprint density at radius 3 is 2.00 bits per heavy atom. The number of urea groups is 1. The van der Waals surface area contributed by atoms with E-state index in [2.05, 4.69) is 96.1 Å². The van der Waals surface area contributed by atoms with Gasteiger partial charge in [0.05, 0.1) is 32.7 Å². The molecule has 32 heavy (non-hydrogen) atoms. The number of nitrogens with zero attached hydrogens (tertiary/aromatic N) is 2. The second-order valence-electron chi connectivity index (χ2n) is 9.31. The minimum absolute atomic E-state index is 0. The fourth-order valence-corrected chi connectivity index (χ4v) is 5.43. The molecule has 4 nitrogen and oxygen atoms in total. The lowest BCUT2D eigenvalue weighted by atomic mass is 9.83. The summed E-state index contributed by atoms with van der Waals surface area (Å²) in [5.74, 6) is 0. The highest BCUT2D eigenvalue weighted by molar-refractivity contribution is 5.80. The third-order valence-electron chi connectivity index (χ3n) is 7.02. The molecule has 2 amide bonds. The van der Waals surface area contributed by atoms with Gasteiger partial charge in [0.25, 0.3) is 0 Å². The molecule has 2 saturated heterocycles. The molecule has 166 valence electrons. The Morgan fingerprint density at radius 2 is 1.44 bits per heavy atom. The zero-order valence-electron chi connectivity index (χ0n) is 18.5. The van der Waals surface area contributed by atoms with Gasteiger partial charge in [-0.2, -0.15) is 0 Å². The molecule has 0 saturated carbocycles. The minimum Gasteiger partial charge on any atom is -1.00 e. The van der Waals surface area contributed by atoms with E-state index in [4.69, 9.17) is 0 Å². The van der Waals surface area contributed by atoms with Gasteiger partial charge in [-0.3, -0.25) is 0 Å². The van der Waals surface area contributed by atoms with Crippen molar-refractivity contribution in [1.82, 2.24) is 10.2 Å². The summed E-state index contributed by atoms with van der Waals surface area (Å²) in [7, 11) is 2.32. The van der Waals surface area contributed by atoms with Crippen LogP contribution < -0.4 is 29.3 Å². The van der Waals surface area contributed by atoms with Crippen LogP contribution in [0.4, 0.5) is 4.79 Å². The first-order chi connectivity index (χ1) is 15.1. The minimum atomic E-state index is -0.509. The fourth-order valence-electron chi connectivity index (χ4n) is 5.43. The number of hydrogen-bond donors (Lipinski definition) is 1. The summed E-state index contributed by atoms with van der Waals surface area (Å²) in [6.07, 6.45) is 1.04. The maximum Gasteiger partial charge on any atom is 0.319 e. The van der Waals surface area contributed by atoms with Gasteiger partial charge in [0.15, 0.2) is 0 Å². The predicted molar refractivity (Wildman–Crippen MR) is 123 cm³/mol. The number of quaternary nitrogens is 1. The molecular weight excluding hydrogens is 509 g/mol. The van der Waals surface area contributed by atoms with Crippen LogP contribution in [0.15, 0.2) is 91.0 Å². The van der Waals surface area contributed by atoms with Crippen LogP contribution in [-0.4, -0.2) is 48.1 Å². The number of rotatable bonds is 5. The molecule has 2 fully saturated rings. The monoisotopic (exact) mass is 539 g/mol. The maximum atomic E-state index is 13.3. The molecule has 2 aliphatic rings. The zero-order valence-corrected chi connectivity index (χ0v) is 20.6. The molecular formula is C27H30IN3O. The average molecular weight is 539 g/mol. The van der Waals surface area contributed by atoms with Crippen LogP contribution in [0.5, 0.6) is 0 Å². The number of likely N-dealkylation sites (tertiary alicyclic amines) is 1. The average Bonchev–Trinajstić information content (AvgIpc) is 3.36. The van der Waals surface area contributed by atoms with E-state index in [0.29, 0.717) is 6.54 Å². The van der Waals surface area contributed by atoms with E-state index in [0.717, 1.165) is 41.7 Å². The van der Waals surface area contributed by atoms with Crippen molar-refractivity contribution in [2.24, 2.45) is 0 Å². The Hall–Kier alpha value is -2.38. The predicted octanol–water partition coefficient (Wildman–Crippen LogP) is 1.38. The molecule has 5 heteroatoms. The lowest BCUT2D eigenvalue weighted by molar-refractivity contribution is -0.911. The number of likely N-dealkylation sites (N-methyl/N-ethyl adjacent to an activating group) is 1. The molecule has 2 heterocycles. The van der Waals surface area contributed by atoms with Gasteiger partial charge in [0.1, 0.15) is 12.1 Å². The molecule has 5 rings (SSSR count). The Kier molecular flexibility index (Phi) is 6.58. The van der Waals surface area contributed by atoms with Gasteiger partial charge < -0.3 is 38.7 Å². The molecule has 2 atom stereocenters. The van der Waals surface area contributed by atoms with Gasteiger partial charge in [-0.15, -0.1) is 0 Å². The van der Waals surface area contributed by atoms with E-state index in [1.54, 1.807) is 0 Å². The molecule has 1 N–H and O–H groups in total. The Morgan fingerprint density at radius 1 is 0.906 bits per heavy atom. The van der Waals surface area contributed by atoms with E-state index in [9.17, 15) is 4.79 Å². The number of carbonyl (C=O) groups is 1. The second-order valence-corrected chi connectivity index (χ2v) is 9.31. The highest BCUT2D eigenvalue weighted by atomic mass is 127. The Bertz CT molecular complexity index is 1000. The van der Waals surface area contributed by atoms with Crippen LogP contribution in [-0.2, 0) is 12.1 Å². The maximum absolute atomic E-state index is 13.3. The highest BCUT2D eigenvalue weighted by Gasteiger charge is 2.50. The summed E-state index contributed by atoms with van der Waals surface area (Å²) in [6, 6.07) is 31.8. The summed E-state index contributed by atoms with van der Waals surface area (Å²) in [5, 5.41) is 3.38. The molecule has 0 radical (unpaired) electrons. The van der Waals surface area contributed by atoms with Crippen LogP contribution in [0.25, 0.3) is 0 Å². The van der Waals surface area contributed by atoms with E-state index >= 15 is 0 Å². The van der Waals surface area contributed by atoms with Crippen LogP contribution >= 0.6 is 0 Å². The van der Waals surface area contributed by atoms with Crippen molar-refractivity contribution >= 4 is 6.03 Å². The standard InChI is InChI=1S/C27H29N3O.HI/c1-30(19-22-11-5-2-6-12-22)18-17-25(20-30)29-21-27(28-26(29)31,23-13-7-3-8-14-23)24-15-9-4-10-16-24;/h2-16,25H,17-21H2,1H3;1H/t25-,30?;/m0./s1. The molecule has 0 bridgehead atoms. The lowest BCUT2D eigenvalue weighted by Crippen LogP contribution is -3.00. The van der Waals surface area contributed by atoms with Gasteiger partial charge >= 0.3 is 6.03 Å². The number of hydrogen-bond acceptors (Lipinski definition) is 1. The summed E-state index contributed by atoms with van der Waals surface area (Å²) in [4.78, 5) is 15.4. The summed E-state index contributed by atoms with van der Waals surface area (Å²) < 4.78 is 0.974. The Labute approximate surface area is 207 Å². The van der Waals surface area contributed by atoms with Crippen molar-refractivity contribution in [2.75, 3.05) is 26.7 Å². The summed E-state index contributed by atoms with van der Waals surface area (Å²) in [6.45, 7) is 3.75. The first kappa shape index (κ1) is 22.8. The van der Waals surface area contributed by atoms with E-state index in [-0.39, 0.29) is 36.0 Å². The molecule has 1 unspecified atom stereocenters. The highest BCUT2D eigenvalue weighted by Crippen LogP contribution is 2.37. The van der Waals surface area contributed by atoms with Crippen LogP contribution in [0.2, 0.25) is 0 Å². The summed E-state index contributed by atoms with van der Waals surface area (Å²) in [5.41, 5.74) is 3.12. The number of halogens is 1. The molecule has 3 aromatic rings. The van der Waals surface area contributed by atoms with Crippen molar-refractivity contribution in [3.63, 3.8) is 0 Å². The topological polar surface area (TPSA) is 32.3 Å². The van der Waals surface area contributed by atoms with E-state index in [1.807, 2.05) is 12.1 Å². The lowest BCUT2D eigenvalue weighted by Gasteiger charge is -2.32. The van der Waals surface area contributed by atoms with Crippen molar-refractivity contribution < 1.29 is 33.3 Å².